The SMILES string of the molecule is C=N/C(=C(SCN)/C(N)=C/C=N)c1ccc(F)c(F)c1.Cc1cc(NCc2cccc(O)c2O)c[nH]c1=S. The van der Waals surface area contributed by atoms with Gasteiger partial charge in [0.25, 0.3) is 0 Å². The first-order valence-corrected chi connectivity index (χ1v) is 12.4. The summed E-state index contributed by atoms with van der Waals surface area (Å²) < 4.78 is 27.0. The minimum Gasteiger partial charge on any atom is -0.504 e. The molecule has 0 aliphatic carbocycles. The molecular formula is C26H28F2N6O2S2. The highest BCUT2D eigenvalue weighted by Gasteiger charge is 2.13. The normalized spacial score (nSPS) is 11.6. The number of aromatic amines is 1. The van der Waals surface area contributed by atoms with Crippen LogP contribution < -0.4 is 16.8 Å². The first-order chi connectivity index (χ1) is 18.1. The fraction of sp³-hybridized carbons (Fsp3) is 0.115. The number of hydrogen-bond donors (Lipinski definition) is 7. The zero-order valence-corrected chi connectivity index (χ0v) is 22.1. The van der Waals surface area contributed by atoms with Crippen molar-refractivity contribution in [1.82, 2.24) is 4.98 Å². The Morgan fingerprint density at radius 1 is 1.24 bits per heavy atom. The highest BCUT2D eigenvalue weighted by molar-refractivity contribution is 8.03. The van der Waals surface area contributed by atoms with Crippen LogP contribution in [0.2, 0.25) is 0 Å². The highest BCUT2D eigenvalue weighted by Crippen LogP contribution is 2.31. The van der Waals surface area contributed by atoms with Gasteiger partial charge in [0.15, 0.2) is 23.1 Å². The number of nitrogens with zero attached hydrogens (tertiary/aromatic N) is 1. The summed E-state index contributed by atoms with van der Waals surface area (Å²) in [4.78, 5) is 7.25. The lowest BCUT2D eigenvalue weighted by atomic mass is 10.1. The molecule has 0 saturated carbocycles. The number of aromatic hydroxyl groups is 2. The Balaban J connectivity index is 0.000000268. The molecule has 1 heterocycles. The zero-order chi connectivity index (χ0) is 28.2. The second-order valence-corrected chi connectivity index (χ2v) is 9.04. The summed E-state index contributed by atoms with van der Waals surface area (Å²) in [7, 11) is 0. The number of H-pyrrole nitrogens is 1. The van der Waals surface area contributed by atoms with Crippen LogP contribution >= 0.6 is 24.0 Å². The molecule has 3 aromatic rings. The van der Waals surface area contributed by atoms with Gasteiger partial charge in [-0.25, -0.2) is 8.78 Å². The Morgan fingerprint density at radius 3 is 2.58 bits per heavy atom. The van der Waals surface area contributed by atoms with Crippen LogP contribution in [0.1, 0.15) is 16.7 Å². The van der Waals surface area contributed by atoms with Gasteiger partial charge >= 0.3 is 0 Å². The Morgan fingerprint density at radius 2 is 1.97 bits per heavy atom. The lowest BCUT2D eigenvalue weighted by Crippen LogP contribution is -2.05. The molecule has 200 valence electrons. The molecule has 0 saturated heterocycles. The molecule has 3 rings (SSSR count). The van der Waals surface area contributed by atoms with E-state index in [-0.39, 0.29) is 28.8 Å². The monoisotopic (exact) mass is 558 g/mol. The van der Waals surface area contributed by atoms with E-state index in [1.165, 1.54) is 30.0 Å². The van der Waals surface area contributed by atoms with Crippen LogP contribution in [0.15, 0.2) is 70.3 Å². The number of aryl methyl sites for hydroxylation is 1. The van der Waals surface area contributed by atoms with E-state index in [1.54, 1.807) is 18.3 Å². The van der Waals surface area contributed by atoms with E-state index in [9.17, 15) is 19.0 Å². The third-order valence-corrected chi connectivity index (χ3v) is 6.31. The van der Waals surface area contributed by atoms with Crippen molar-refractivity contribution in [1.29, 1.82) is 5.41 Å². The molecule has 0 amide bonds. The summed E-state index contributed by atoms with van der Waals surface area (Å²) in [6.45, 7) is 5.76. The zero-order valence-electron chi connectivity index (χ0n) is 20.5. The standard InChI is InChI=1S/C13H14F2N4S.C13H14N2O2S/c1-19-12(8-2-3-9(14)10(15)6-8)13(20-7-17)11(18)4-5-16;1-8-5-10(7-15-13(8)18)14-6-9-3-2-4-11(16)12(9)17/h2-6,16H,1,7,17-18H2;2-5,7,14,16-17H,6H2,1H3,(H,15,18)/b11-4-,13-12-,16-5?;. The maximum absolute atomic E-state index is 13.3. The van der Waals surface area contributed by atoms with Crippen molar-refractivity contribution >= 4 is 48.3 Å². The van der Waals surface area contributed by atoms with Crippen LogP contribution in [0.4, 0.5) is 14.5 Å². The third-order valence-electron chi connectivity index (χ3n) is 4.99. The van der Waals surface area contributed by atoms with Crippen LogP contribution in [0.25, 0.3) is 5.70 Å². The number of nitrogens with two attached hydrogens (primary N) is 2. The molecule has 0 unspecified atom stereocenters. The lowest BCUT2D eigenvalue weighted by Gasteiger charge is -2.11. The van der Waals surface area contributed by atoms with E-state index in [4.69, 9.17) is 29.1 Å². The number of hydrogen-bond acceptors (Lipinski definition) is 9. The molecule has 0 aliphatic heterocycles. The molecule has 0 fully saturated rings. The molecule has 38 heavy (non-hydrogen) atoms. The van der Waals surface area contributed by atoms with Crippen molar-refractivity contribution in [3.8, 4) is 11.5 Å². The number of benzene rings is 2. The largest absolute Gasteiger partial charge is 0.504 e. The maximum atomic E-state index is 13.3. The molecule has 0 spiro atoms. The van der Waals surface area contributed by atoms with Crippen LogP contribution in [-0.4, -0.2) is 34.0 Å². The summed E-state index contributed by atoms with van der Waals surface area (Å²) >= 11 is 6.24. The van der Waals surface area contributed by atoms with Gasteiger partial charge in [-0.1, -0.05) is 24.4 Å². The highest BCUT2D eigenvalue weighted by atomic mass is 32.2. The molecule has 2 aromatic carbocycles. The Labute approximate surface area is 228 Å². The van der Waals surface area contributed by atoms with Gasteiger partial charge in [0.05, 0.1) is 16.3 Å². The second-order valence-electron chi connectivity index (χ2n) is 7.60. The number of halogens is 2. The van der Waals surface area contributed by atoms with E-state index in [1.807, 2.05) is 13.0 Å². The summed E-state index contributed by atoms with van der Waals surface area (Å²) in [5, 5.41) is 29.2. The van der Waals surface area contributed by atoms with Crippen molar-refractivity contribution in [2.24, 2.45) is 16.5 Å². The Hall–Kier alpha value is -4.00. The van der Waals surface area contributed by atoms with Crippen molar-refractivity contribution in [2.75, 3.05) is 11.2 Å². The molecule has 0 atom stereocenters. The van der Waals surface area contributed by atoms with E-state index in [2.05, 4.69) is 22.0 Å². The summed E-state index contributed by atoms with van der Waals surface area (Å²) in [5.41, 5.74) is 14.7. The van der Waals surface area contributed by atoms with Crippen LogP contribution in [0, 0.1) is 28.6 Å². The van der Waals surface area contributed by atoms with Crippen LogP contribution in [0.5, 0.6) is 11.5 Å². The van der Waals surface area contributed by atoms with Gasteiger partial charge in [-0.2, -0.15) is 0 Å². The van der Waals surface area contributed by atoms with Gasteiger partial charge in [-0.15, -0.1) is 11.8 Å². The van der Waals surface area contributed by atoms with Crippen molar-refractivity contribution in [3.05, 3.63) is 98.3 Å². The van der Waals surface area contributed by atoms with Gasteiger partial charge in [-0.3, -0.25) is 4.99 Å². The number of aromatic nitrogens is 1. The van der Waals surface area contributed by atoms with Crippen LogP contribution in [0.3, 0.4) is 0 Å². The number of phenolic OH excluding ortho intramolecular Hbond substituents is 2. The summed E-state index contributed by atoms with van der Waals surface area (Å²) in [5.74, 6) is -1.93. The third kappa shape index (κ3) is 8.26. The van der Waals surface area contributed by atoms with Gasteiger partial charge < -0.3 is 37.4 Å². The number of aliphatic imine (C=N–C) groups is 1. The predicted octanol–water partition coefficient (Wildman–Crippen LogP) is 5.55. The quantitative estimate of drug-likeness (QED) is 0.0596. The average molecular weight is 559 g/mol. The number of rotatable bonds is 9. The van der Waals surface area contributed by atoms with Crippen molar-refractivity contribution in [3.63, 3.8) is 0 Å². The molecule has 9 N–H and O–H groups in total. The van der Waals surface area contributed by atoms with E-state index < -0.39 is 11.6 Å². The minimum atomic E-state index is -0.990. The fourth-order valence-electron chi connectivity index (χ4n) is 3.09. The molecule has 0 radical (unpaired) electrons. The number of allylic oxidation sites excluding steroid dienone is 1. The maximum Gasteiger partial charge on any atom is 0.162 e. The van der Waals surface area contributed by atoms with Crippen molar-refractivity contribution < 1.29 is 19.0 Å². The molecule has 1 aromatic heterocycles. The molecule has 12 heteroatoms. The average Bonchev–Trinajstić information content (AvgIpc) is 2.89. The first kappa shape index (κ1) is 30.2. The van der Waals surface area contributed by atoms with Crippen molar-refractivity contribution in [2.45, 2.75) is 13.5 Å². The van der Waals surface area contributed by atoms with Gasteiger partial charge in [0.2, 0.25) is 0 Å². The number of phenols is 2. The molecule has 8 nitrogen and oxygen atoms in total. The Bertz CT molecular complexity index is 1420. The number of para-hydroxylation sites is 1. The lowest BCUT2D eigenvalue weighted by molar-refractivity contribution is 0.400. The number of anilines is 1. The second kappa shape index (κ2) is 14.7. The van der Waals surface area contributed by atoms with Gasteiger partial charge in [-0.05, 0) is 55.6 Å². The molecular weight excluding hydrogens is 530 g/mol. The smallest absolute Gasteiger partial charge is 0.162 e. The van der Waals surface area contributed by atoms with E-state index in [0.29, 0.717) is 27.2 Å². The number of nitrogens with one attached hydrogen (secondary N) is 3. The van der Waals surface area contributed by atoms with E-state index in [0.717, 1.165) is 29.6 Å². The number of thioether (sulfide) groups is 1. The van der Waals surface area contributed by atoms with E-state index >= 15 is 0 Å². The molecule has 0 aliphatic rings. The number of pyridine rings is 1. The molecule has 0 bridgehead atoms. The van der Waals surface area contributed by atoms with Crippen LogP contribution in [-0.2, 0) is 6.54 Å². The topological polar surface area (TPSA) is 157 Å². The fourth-order valence-corrected chi connectivity index (χ4v) is 3.93. The summed E-state index contributed by atoms with van der Waals surface area (Å²) in [6, 6.07) is 10.2. The predicted molar refractivity (Wildman–Crippen MR) is 154 cm³/mol. The summed E-state index contributed by atoms with van der Waals surface area (Å²) in [6.07, 6.45) is 4.14. The van der Waals surface area contributed by atoms with Gasteiger partial charge in [0.1, 0.15) is 4.64 Å². The minimum absolute atomic E-state index is 0.0920. The van der Waals surface area contributed by atoms with Gasteiger partial charge in [0, 0.05) is 41.7 Å². The first-order valence-electron chi connectivity index (χ1n) is 11.0. The Kier molecular flexibility index (Phi) is 11.7.